The van der Waals surface area contributed by atoms with Crippen LogP contribution >= 0.6 is 0 Å². The van der Waals surface area contributed by atoms with Crippen LogP contribution < -0.4 is 5.32 Å². The summed E-state index contributed by atoms with van der Waals surface area (Å²) in [7, 11) is 0. The van der Waals surface area contributed by atoms with Crippen molar-refractivity contribution in [3.05, 3.63) is 29.8 Å². The number of hydrogen-bond acceptors (Lipinski definition) is 4. The Bertz CT molecular complexity index is 776. The van der Waals surface area contributed by atoms with Gasteiger partial charge in [-0.3, -0.25) is 9.59 Å². The van der Waals surface area contributed by atoms with E-state index in [1.807, 2.05) is 0 Å². The molecule has 1 aromatic heterocycles. The van der Waals surface area contributed by atoms with E-state index in [0.717, 1.165) is 0 Å². The smallest absolute Gasteiger partial charge is 0.242 e. The standard InChI is InChI=1S/C16H19FN4O3/c1-9(22)21-8-11(23)7-14(21)16(24)18-5-4-15-19-12-3-2-10(17)6-13(12)20-15/h2-3,6,11,14,23H,4-5,7-8H2,1H3,(H,18,24)(H,19,20)/t11-,14-/m1/s1. The van der Waals surface area contributed by atoms with E-state index in [4.69, 9.17) is 0 Å². The SMILES string of the molecule is CC(=O)N1C[C@H](O)C[C@@H]1C(=O)NCCc1nc2ccc(F)cc2[nH]1. The number of aliphatic hydroxyl groups excluding tert-OH is 1. The number of nitrogens with zero attached hydrogens (tertiary/aromatic N) is 2. The number of carbonyl (C=O) groups excluding carboxylic acids is 2. The van der Waals surface area contributed by atoms with Crippen LogP contribution in [0.2, 0.25) is 0 Å². The summed E-state index contributed by atoms with van der Waals surface area (Å²) in [5.74, 6) is -0.212. The molecule has 3 N–H and O–H groups in total. The average molecular weight is 334 g/mol. The van der Waals surface area contributed by atoms with Crippen molar-refractivity contribution < 1.29 is 19.1 Å². The maximum absolute atomic E-state index is 13.2. The van der Waals surface area contributed by atoms with Gasteiger partial charge in [0.2, 0.25) is 11.8 Å². The van der Waals surface area contributed by atoms with Crippen LogP contribution in [0.1, 0.15) is 19.2 Å². The number of fused-ring (bicyclic) bond motifs is 1. The molecule has 1 saturated heterocycles. The molecule has 0 unspecified atom stereocenters. The first-order valence-electron chi connectivity index (χ1n) is 7.81. The minimum absolute atomic E-state index is 0.183. The van der Waals surface area contributed by atoms with Crippen LogP contribution in [0.15, 0.2) is 18.2 Å². The maximum Gasteiger partial charge on any atom is 0.242 e. The van der Waals surface area contributed by atoms with Gasteiger partial charge in [0.1, 0.15) is 17.7 Å². The Morgan fingerprint density at radius 1 is 1.50 bits per heavy atom. The predicted molar refractivity (Wildman–Crippen MR) is 84.6 cm³/mol. The summed E-state index contributed by atoms with van der Waals surface area (Å²) in [6, 6.07) is 3.67. The van der Waals surface area contributed by atoms with Crippen LogP contribution in [0, 0.1) is 5.82 Å². The molecule has 2 atom stereocenters. The number of amides is 2. The molecule has 8 heteroatoms. The zero-order valence-corrected chi connectivity index (χ0v) is 13.3. The first-order valence-corrected chi connectivity index (χ1v) is 7.81. The van der Waals surface area contributed by atoms with Crippen molar-refractivity contribution in [1.82, 2.24) is 20.2 Å². The highest BCUT2D eigenvalue weighted by molar-refractivity contribution is 5.87. The summed E-state index contributed by atoms with van der Waals surface area (Å²) in [5.41, 5.74) is 1.28. The lowest BCUT2D eigenvalue weighted by molar-refractivity contribution is -0.136. The second-order valence-corrected chi connectivity index (χ2v) is 5.96. The minimum atomic E-state index is -0.671. The molecule has 3 rings (SSSR count). The van der Waals surface area contributed by atoms with Gasteiger partial charge in [-0.05, 0) is 18.2 Å². The Morgan fingerprint density at radius 3 is 3.04 bits per heavy atom. The summed E-state index contributed by atoms with van der Waals surface area (Å²) in [5, 5.41) is 12.4. The van der Waals surface area contributed by atoms with Crippen LogP contribution in [-0.2, 0) is 16.0 Å². The van der Waals surface area contributed by atoms with Crippen LogP contribution in [-0.4, -0.2) is 57.0 Å². The van der Waals surface area contributed by atoms with Gasteiger partial charge in [-0.15, -0.1) is 0 Å². The number of aromatic nitrogens is 2. The fraction of sp³-hybridized carbons (Fsp3) is 0.438. The normalized spacial score (nSPS) is 20.5. The molecule has 2 heterocycles. The van der Waals surface area contributed by atoms with Gasteiger partial charge in [-0.2, -0.15) is 0 Å². The van der Waals surface area contributed by atoms with Crippen molar-refractivity contribution in [3.8, 4) is 0 Å². The number of hydrogen-bond donors (Lipinski definition) is 3. The number of aromatic amines is 1. The maximum atomic E-state index is 13.2. The zero-order chi connectivity index (χ0) is 17.3. The molecule has 24 heavy (non-hydrogen) atoms. The molecule has 0 spiro atoms. The lowest BCUT2D eigenvalue weighted by Crippen LogP contribution is -2.45. The molecule has 1 aliphatic rings. The summed E-state index contributed by atoms with van der Waals surface area (Å²) in [6.07, 6.45) is 0.0297. The highest BCUT2D eigenvalue weighted by Crippen LogP contribution is 2.18. The number of rotatable bonds is 4. The van der Waals surface area contributed by atoms with Gasteiger partial charge in [0.15, 0.2) is 0 Å². The van der Waals surface area contributed by atoms with Gasteiger partial charge in [0, 0.05) is 32.9 Å². The van der Waals surface area contributed by atoms with Crippen LogP contribution in [0.4, 0.5) is 4.39 Å². The number of halogens is 1. The Kier molecular flexibility index (Phi) is 4.48. The Balaban J connectivity index is 1.57. The van der Waals surface area contributed by atoms with Crippen molar-refractivity contribution >= 4 is 22.8 Å². The number of nitrogens with one attached hydrogen (secondary N) is 2. The van der Waals surface area contributed by atoms with Crippen molar-refractivity contribution in [2.75, 3.05) is 13.1 Å². The molecule has 7 nitrogen and oxygen atoms in total. The van der Waals surface area contributed by atoms with Crippen molar-refractivity contribution in [3.63, 3.8) is 0 Å². The monoisotopic (exact) mass is 334 g/mol. The van der Waals surface area contributed by atoms with Crippen molar-refractivity contribution in [2.24, 2.45) is 0 Å². The van der Waals surface area contributed by atoms with E-state index >= 15 is 0 Å². The number of carbonyl (C=O) groups is 2. The highest BCUT2D eigenvalue weighted by Gasteiger charge is 2.37. The fourth-order valence-electron chi connectivity index (χ4n) is 2.99. The van der Waals surface area contributed by atoms with Gasteiger partial charge in [-0.1, -0.05) is 0 Å². The third-order valence-corrected chi connectivity index (χ3v) is 4.14. The summed E-state index contributed by atoms with van der Waals surface area (Å²) < 4.78 is 13.2. The number of benzene rings is 1. The van der Waals surface area contributed by atoms with Crippen molar-refractivity contribution in [2.45, 2.75) is 31.9 Å². The number of imidazole rings is 1. The van der Waals surface area contributed by atoms with E-state index in [0.29, 0.717) is 29.8 Å². The van der Waals surface area contributed by atoms with E-state index in [2.05, 4.69) is 15.3 Å². The molecule has 0 bridgehead atoms. The number of aliphatic hydroxyl groups is 1. The Hall–Kier alpha value is -2.48. The predicted octanol–water partition coefficient (Wildman–Crippen LogP) is 0.342. The second-order valence-electron chi connectivity index (χ2n) is 5.96. The first kappa shape index (κ1) is 16.4. The number of likely N-dealkylation sites (tertiary alicyclic amines) is 1. The van der Waals surface area contributed by atoms with E-state index in [1.165, 1.54) is 24.0 Å². The molecule has 128 valence electrons. The molecule has 0 saturated carbocycles. The largest absolute Gasteiger partial charge is 0.391 e. The number of β-amino-alcohol motifs (C(OH)–C–C–N with tert-alkyl or cyclic N) is 1. The summed E-state index contributed by atoms with van der Waals surface area (Å²) in [4.78, 5) is 32.4. The van der Waals surface area contributed by atoms with Crippen molar-refractivity contribution in [1.29, 1.82) is 0 Å². The molecular weight excluding hydrogens is 315 g/mol. The molecule has 2 aromatic rings. The fourth-order valence-corrected chi connectivity index (χ4v) is 2.99. The molecule has 1 fully saturated rings. The molecule has 0 aliphatic carbocycles. The highest BCUT2D eigenvalue weighted by atomic mass is 19.1. The quantitative estimate of drug-likeness (QED) is 0.751. The average Bonchev–Trinajstić information content (AvgIpc) is 3.09. The third kappa shape index (κ3) is 3.38. The lowest BCUT2D eigenvalue weighted by Gasteiger charge is -2.21. The van der Waals surface area contributed by atoms with Crippen LogP contribution in [0.5, 0.6) is 0 Å². The molecule has 2 amide bonds. The molecular formula is C16H19FN4O3. The third-order valence-electron chi connectivity index (χ3n) is 4.14. The van der Waals surface area contributed by atoms with Gasteiger partial charge in [0.25, 0.3) is 0 Å². The lowest BCUT2D eigenvalue weighted by atomic mass is 10.2. The van der Waals surface area contributed by atoms with Crippen LogP contribution in [0.25, 0.3) is 11.0 Å². The van der Waals surface area contributed by atoms with E-state index in [1.54, 1.807) is 6.07 Å². The van der Waals surface area contributed by atoms with Gasteiger partial charge < -0.3 is 20.3 Å². The first-order chi connectivity index (χ1) is 11.4. The second kappa shape index (κ2) is 6.56. The van der Waals surface area contributed by atoms with E-state index < -0.39 is 12.1 Å². The minimum Gasteiger partial charge on any atom is -0.391 e. The Morgan fingerprint density at radius 2 is 2.29 bits per heavy atom. The van der Waals surface area contributed by atoms with Gasteiger partial charge in [0.05, 0.1) is 17.1 Å². The topological polar surface area (TPSA) is 98.3 Å². The van der Waals surface area contributed by atoms with E-state index in [9.17, 15) is 19.1 Å². The van der Waals surface area contributed by atoms with Crippen LogP contribution in [0.3, 0.4) is 0 Å². The molecule has 1 aliphatic heterocycles. The summed E-state index contributed by atoms with van der Waals surface area (Å²) >= 11 is 0. The van der Waals surface area contributed by atoms with Gasteiger partial charge >= 0.3 is 0 Å². The zero-order valence-electron chi connectivity index (χ0n) is 13.3. The molecule has 1 aromatic carbocycles. The van der Waals surface area contributed by atoms with Gasteiger partial charge in [-0.25, -0.2) is 9.37 Å². The molecule has 0 radical (unpaired) electrons. The van der Waals surface area contributed by atoms with E-state index in [-0.39, 0.29) is 30.6 Å². The number of H-pyrrole nitrogens is 1. The summed E-state index contributed by atoms with van der Waals surface area (Å²) in [6.45, 7) is 1.90. The Labute approximate surface area is 137 Å².